The van der Waals surface area contributed by atoms with Crippen molar-refractivity contribution >= 4 is 15.7 Å². The Labute approximate surface area is 118 Å². The molecular formula is C12H20N2O5S. The molecule has 0 fully saturated rings. The molecule has 0 aliphatic heterocycles. The van der Waals surface area contributed by atoms with Gasteiger partial charge < -0.3 is 20.3 Å². The highest BCUT2D eigenvalue weighted by molar-refractivity contribution is 7.89. The first-order valence-corrected chi connectivity index (χ1v) is 7.52. The summed E-state index contributed by atoms with van der Waals surface area (Å²) in [5, 5.41) is 9.10. The van der Waals surface area contributed by atoms with E-state index >= 15 is 0 Å². The molecule has 8 heteroatoms. The first-order chi connectivity index (χ1) is 9.39. The molecule has 1 aromatic carbocycles. The molecule has 1 rings (SSSR count). The van der Waals surface area contributed by atoms with Crippen molar-refractivity contribution in [2.45, 2.75) is 24.3 Å². The number of methoxy groups -OCH3 is 2. The first-order valence-electron chi connectivity index (χ1n) is 6.04. The minimum absolute atomic E-state index is 0.0924. The average molecular weight is 304 g/mol. The lowest BCUT2D eigenvalue weighted by atomic mass is 10.3. The second-order valence-corrected chi connectivity index (χ2v) is 5.84. The van der Waals surface area contributed by atoms with Crippen LogP contribution in [-0.2, 0) is 10.0 Å². The van der Waals surface area contributed by atoms with Crippen LogP contribution in [0, 0.1) is 0 Å². The molecule has 1 aromatic rings. The normalized spacial score (nSPS) is 13.0. The summed E-state index contributed by atoms with van der Waals surface area (Å²) in [5.41, 5.74) is 5.91. The molecule has 0 aliphatic rings. The van der Waals surface area contributed by atoms with Crippen LogP contribution >= 0.6 is 0 Å². The molecule has 7 nitrogen and oxygen atoms in total. The molecule has 0 saturated carbocycles. The summed E-state index contributed by atoms with van der Waals surface area (Å²) in [5.74, 6) is 0.450. The predicted octanol–water partition coefficient (Wildman–Crippen LogP) is 0.335. The monoisotopic (exact) mass is 304 g/mol. The van der Waals surface area contributed by atoms with Crippen LogP contribution in [0.4, 0.5) is 5.69 Å². The van der Waals surface area contributed by atoms with Crippen LogP contribution in [0.3, 0.4) is 0 Å². The minimum atomic E-state index is -3.84. The van der Waals surface area contributed by atoms with Crippen molar-refractivity contribution in [2.24, 2.45) is 0 Å². The van der Waals surface area contributed by atoms with Crippen molar-refractivity contribution in [1.82, 2.24) is 4.72 Å². The smallest absolute Gasteiger partial charge is 0.244 e. The Bertz CT molecular complexity index is 555. The summed E-state index contributed by atoms with van der Waals surface area (Å²) in [6.07, 6.45) is 0.462. The minimum Gasteiger partial charge on any atom is -0.495 e. The molecule has 0 saturated heterocycles. The van der Waals surface area contributed by atoms with Crippen LogP contribution < -0.4 is 19.9 Å². The number of rotatable bonds is 7. The average Bonchev–Trinajstić information content (AvgIpc) is 2.44. The standard InChI is InChI=1S/C12H20N2O5S/c1-4-8(7-15)14-20(16,17)12-5-9(13)10(18-2)6-11(12)19-3/h5-6,8,14-15H,4,7,13H2,1-3H3/t8-/m1/s1. The van der Waals surface area contributed by atoms with E-state index in [9.17, 15) is 8.42 Å². The molecule has 4 N–H and O–H groups in total. The van der Waals surface area contributed by atoms with Crippen LogP contribution in [-0.4, -0.2) is 40.4 Å². The van der Waals surface area contributed by atoms with Gasteiger partial charge in [-0.3, -0.25) is 0 Å². The highest BCUT2D eigenvalue weighted by Gasteiger charge is 2.24. The number of nitrogens with one attached hydrogen (secondary N) is 1. The van der Waals surface area contributed by atoms with Gasteiger partial charge in [0.1, 0.15) is 16.4 Å². The van der Waals surface area contributed by atoms with Crippen LogP contribution in [0.1, 0.15) is 13.3 Å². The molecule has 0 amide bonds. The van der Waals surface area contributed by atoms with Gasteiger partial charge in [0, 0.05) is 12.1 Å². The zero-order chi connectivity index (χ0) is 15.3. The highest BCUT2D eigenvalue weighted by atomic mass is 32.2. The van der Waals surface area contributed by atoms with E-state index in [1.54, 1.807) is 6.92 Å². The lowest BCUT2D eigenvalue weighted by Crippen LogP contribution is -2.37. The molecule has 0 spiro atoms. The Morgan fingerprint density at radius 1 is 1.30 bits per heavy atom. The molecule has 0 aromatic heterocycles. The van der Waals surface area contributed by atoms with Gasteiger partial charge in [0.2, 0.25) is 10.0 Å². The number of nitrogens with two attached hydrogens (primary N) is 1. The fourth-order valence-electron chi connectivity index (χ4n) is 1.64. The number of sulfonamides is 1. The van der Waals surface area contributed by atoms with Gasteiger partial charge in [0.25, 0.3) is 0 Å². The first kappa shape index (κ1) is 16.5. The Balaban J connectivity index is 3.27. The maximum absolute atomic E-state index is 12.3. The Morgan fingerprint density at radius 3 is 2.35 bits per heavy atom. The van der Waals surface area contributed by atoms with E-state index in [4.69, 9.17) is 20.3 Å². The number of nitrogen functional groups attached to an aromatic ring is 1. The molecular weight excluding hydrogens is 284 g/mol. The van der Waals surface area contributed by atoms with Crippen molar-refractivity contribution in [2.75, 3.05) is 26.6 Å². The van der Waals surface area contributed by atoms with E-state index < -0.39 is 16.1 Å². The van der Waals surface area contributed by atoms with Gasteiger partial charge in [0.15, 0.2) is 0 Å². The van der Waals surface area contributed by atoms with Crippen molar-refractivity contribution in [3.05, 3.63) is 12.1 Å². The van der Waals surface area contributed by atoms with Crippen LogP contribution in [0.15, 0.2) is 17.0 Å². The number of anilines is 1. The Hall–Kier alpha value is -1.51. The molecule has 0 unspecified atom stereocenters. The van der Waals surface area contributed by atoms with Gasteiger partial charge in [-0.2, -0.15) is 0 Å². The predicted molar refractivity (Wildman–Crippen MR) is 75.4 cm³/mol. The quantitative estimate of drug-likeness (QED) is 0.626. The Kier molecular flexibility index (Phi) is 5.61. The van der Waals surface area contributed by atoms with E-state index in [1.807, 2.05) is 0 Å². The summed E-state index contributed by atoms with van der Waals surface area (Å²) in [7, 11) is -1.06. The van der Waals surface area contributed by atoms with Gasteiger partial charge in [-0.05, 0) is 12.5 Å². The van der Waals surface area contributed by atoms with Crippen LogP contribution in [0.5, 0.6) is 11.5 Å². The van der Waals surface area contributed by atoms with Gasteiger partial charge in [-0.1, -0.05) is 6.92 Å². The lowest BCUT2D eigenvalue weighted by molar-refractivity contribution is 0.253. The number of hydrogen-bond donors (Lipinski definition) is 3. The van der Waals surface area contributed by atoms with Crippen molar-refractivity contribution in [3.8, 4) is 11.5 Å². The number of aliphatic hydroxyl groups excluding tert-OH is 1. The highest BCUT2D eigenvalue weighted by Crippen LogP contribution is 2.33. The second-order valence-electron chi connectivity index (χ2n) is 4.15. The molecule has 0 aliphatic carbocycles. The SMILES string of the molecule is CC[C@H](CO)NS(=O)(=O)c1cc(N)c(OC)cc1OC. The zero-order valence-electron chi connectivity index (χ0n) is 11.7. The van der Waals surface area contributed by atoms with Crippen molar-refractivity contribution in [3.63, 3.8) is 0 Å². The molecule has 114 valence electrons. The number of ether oxygens (including phenoxy) is 2. The summed E-state index contributed by atoms with van der Waals surface area (Å²) in [6.45, 7) is 1.48. The third kappa shape index (κ3) is 3.53. The number of hydrogen-bond acceptors (Lipinski definition) is 6. The third-order valence-corrected chi connectivity index (χ3v) is 4.38. The summed E-state index contributed by atoms with van der Waals surface area (Å²) >= 11 is 0. The van der Waals surface area contributed by atoms with Crippen molar-refractivity contribution in [1.29, 1.82) is 0 Å². The van der Waals surface area contributed by atoms with Gasteiger partial charge in [-0.25, -0.2) is 13.1 Å². The van der Waals surface area contributed by atoms with Crippen LogP contribution in [0.2, 0.25) is 0 Å². The van der Waals surface area contributed by atoms with Gasteiger partial charge in [-0.15, -0.1) is 0 Å². The summed E-state index contributed by atoms with van der Waals surface area (Å²) < 4.78 is 37.1. The zero-order valence-corrected chi connectivity index (χ0v) is 12.5. The van der Waals surface area contributed by atoms with Crippen molar-refractivity contribution < 1.29 is 23.0 Å². The van der Waals surface area contributed by atoms with E-state index in [2.05, 4.69) is 4.72 Å². The number of aliphatic hydroxyl groups is 1. The van der Waals surface area contributed by atoms with E-state index in [0.717, 1.165) is 0 Å². The Morgan fingerprint density at radius 2 is 1.90 bits per heavy atom. The van der Waals surface area contributed by atoms with Gasteiger partial charge in [0.05, 0.1) is 26.5 Å². The number of benzene rings is 1. The van der Waals surface area contributed by atoms with E-state index in [1.165, 1.54) is 26.4 Å². The van der Waals surface area contributed by atoms with Crippen LogP contribution in [0.25, 0.3) is 0 Å². The molecule has 1 atom stereocenters. The van der Waals surface area contributed by atoms with E-state index in [0.29, 0.717) is 12.2 Å². The maximum Gasteiger partial charge on any atom is 0.244 e. The maximum atomic E-state index is 12.3. The largest absolute Gasteiger partial charge is 0.495 e. The summed E-state index contributed by atoms with van der Waals surface area (Å²) in [4.78, 5) is -0.0924. The lowest BCUT2D eigenvalue weighted by Gasteiger charge is -2.17. The van der Waals surface area contributed by atoms with E-state index in [-0.39, 0.29) is 22.9 Å². The third-order valence-electron chi connectivity index (χ3n) is 2.84. The molecule has 0 radical (unpaired) electrons. The van der Waals surface area contributed by atoms with Gasteiger partial charge >= 0.3 is 0 Å². The molecule has 0 heterocycles. The fourth-order valence-corrected chi connectivity index (χ4v) is 3.13. The fraction of sp³-hybridized carbons (Fsp3) is 0.500. The second kappa shape index (κ2) is 6.78. The molecule has 20 heavy (non-hydrogen) atoms. The summed E-state index contributed by atoms with van der Waals surface area (Å²) in [6, 6.07) is 2.11. The topological polar surface area (TPSA) is 111 Å². The molecule has 0 bridgehead atoms.